The van der Waals surface area contributed by atoms with Gasteiger partial charge in [0.2, 0.25) is 6.29 Å². The molecule has 0 saturated carbocycles. The average Bonchev–Trinajstić information content (AvgIpc) is 2.85. The standard InChI is InChI=1S/C26H34ClN5O5/c1-5-36-23(33)7-6-14-30-25(34)31(16-19-8-10-20(27)11-9-19)24(32(28)26(30)35)29-21-12-13-22(18(4)15-21)37-17(2)3/h8-13,15,17,24,29H,5-7,14,16,28H2,1-4H3. The molecule has 1 aliphatic rings. The molecule has 3 N–H and O–H groups in total. The summed E-state index contributed by atoms with van der Waals surface area (Å²) >= 11 is 6.03. The first kappa shape index (κ1) is 28.1. The molecule has 200 valence electrons. The van der Waals surface area contributed by atoms with E-state index in [1.807, 2.05) is 32.9 Å². The first-order valence-corrected chi connectivity index (χ1v) is 12.6. The van der Waals surface area contributed by atoms with Crippen LogP contribution in [0.2, 0.25) is 5.02 Å². The second-order valence-corrected chi connectivity index (χ2v) is 9.39. The van der Waals surface area contributed by atoms with E-state index in [-0.39, 0.29) is 44.6 Å². The molecule has 1 heterocycles. The Labute approximate surface area is 222 Å². The predicted octanol–water partition coefficient (Wildman–Crippen LogP) is 4.71. The number of anilines is 1. The predicted molar refractivity (Wildman–Crippen MR) is 141 cm³/mol. The van der Waals surface area contributed by atoms with E-state index >= 15 is 0 Å². The molecule has 3 rings (SSSR count). The molecule has 0 spiro atoms. The van der Waals surface area contributed by atoms with Crippen molar-refractivity contribution in [2.75, 3.05) is 18.5 Å². The van der Waals surface area contributed by atoms with Crippen LogP contribution in [-0.2, 0) is 16.1 Å². The molecule has 0 radical (unpaired) electrons. The summed E-state index contributed by atoms with van der Waals surface area (Å²) in [4.78, 5) is 40.9. The number of urea groups is 2. The summed E-state index contributed by atoms with van der Waals surface area (Å²) in [5, 5.41) is 4.76. The van der Waals surface area contributed by atoms with E-state index in [1.54, 1.807) is 37.3 Å². The van der Waals surface area contributed by atoms with Gasteiger partial charge in [-0.1, -0.05) is 23.7 Å². The number of carbonyl (C=O) groups is 3. The number of benzene rings is 2. The normalized spacial score (nSPS) is 15.9. The van der Waals surface area contributed by atoms with Gasteiger partial charge in [0.25, 0.3) is 0 Å². The van der Waals surface area contributed by atoms with Crippen LogP contribution in [0.3, 0.4) is 0 Å². The van der Waals surface area contributed by atoms with E-state index in [1.165, 1.54) is 4.90 Å². The number of nitrogens with two attached hydrogens (primary N) is 1. The highest BCUT2D eigenvalue weighted by Gasteiger charge is 2.43. The summed E-state index contributed by atoms with van der Waals surface area (Å²) in [7, 11) is 0. The summed E-state index contributed by atoms with van der Waals surface area (Å²) in [6, 6.07) is 11.4. The number of nitrogens with one attached hydrogen (secondary N) is 1. The highest BCUT2D eigenvalue weighted by atomic mass is 35.5. The van der Waals surface area contributed by atoms with E-state index < -0.39 is 18.4 Å². The Hall–Kier alpha value is -3.50. The highest BCUT2D eigenvalue weighted by molar-refractivity contribution is 6.30. The molecular formula is C26H34ClN5O5. The van der Waals surface area contributed by atoms with Crippen molar-refractivity contribution >= 4 is 35.3 Å². The molecule has 4 amide bonds. The van der Waals surface area contributed by atoms with Gasteiger partial charge in [0, 0.05) is 23.7 Å². The summed E-state index contributed by atoms with van der Waals surface area (Å²) in [5.74, 6) is 6.61. The summed E-state index contributed by atoms with van der Waals surface area (Å²) < 4.78 is 10.7. The van der Waals surface area contributed by atoms with Gasteiger partial charge >= 0.3 is 18.0 Å². The largest absolute Gasteiger partial charge is 0.491 e. The fourth-order valence-corrected chi connectivity index (χ4v) is 4.03. The van der Waals surface area contributed by atoms with Crippen molar-refractivity contribution in [2.24, 2.45) is 5.84 Å². The number of carbonyl (C=O) groups excluding carboxylic acids is 3. The molecule has 2 aromatic carbocycles. The third-order valence-electron chi connectivity index (χ3n) is 5.65. The second kappa shape index (κ2) is 12.6. The van der Waals surface area contributed by atoms with Gasteiger partial charge in [-0.3, -0.25) is 9.69 Å². The van der Waals surface area contributed by atoms with Crippen molar-refractivity contribution < 1.29 is 23.9 Å². The summed E-state index contributed by atoms with van der Waals surface area (Å²) in [5.41, 5.74) is 2.35. The zero-order chi connectivity index (χ0) is 27.1. The number of hydrogen-bond donors (Lipinski definition) is 2. The molecule has 2 aromatic rings. The number of hydrogen-bond acceptors (Lipinski definition) is 7. The van der Waals surface area contributed by atoms with Crippen molar-refractivity contribution in [3.8, 4) is 5.75 Å². The van der Waals surface area contributed by atoms with Crippen LogP contribution < -0.4 is 15.9 Å². The Balaban J connectivity index is 1.85. The zero-order valence-corrected chi connectivity index (χ0v) is 22.3. The number of hydrazine groups is 1. The van der Waals surface area contributed by atoms with Gasteiger partial charge in [-0.25, -0.2) is 25.3 Å². The van der Waals surface area contributed by atoms with Crippen LogP contribution in [0.15, 0.2) is 42.5 Å². The number of halogens is 1. The average molecular weight is 532 g/mol. The maximum Gasteiger partial charge on any atom is 0.345 e. The number of amides is 4. The fraction of sp³-hybridized carbons (Fsp3) is 0.423. The minimum Gasteiger partial charge on any atom is -0.491 e. The Morgan fingerprint density at radius 3 is 2.46 bits per heavy atom. The van der Waals surface area contributed by atoms with E-state index in [0.717, 1.165) is 26.8 Å². The third kappa shape index (κ3) is 7.27. The van der Waals surface area contributed by atoms with Crippen molar-refractivity contribution in [3.05, 3.63) is 58.6 Å². The van der Waals surface area contributed by atoms with Crippen LogP contribution in [0.1, 0.15) is 44.7 Å². The van der Waals surface area contributed by atoms with E-state index in [0.29, 0.717) is 10.7 Å². The number of rotatable bonds is 11. The van der Waals surface area contributed by atoms with E-state index in [4.69, 9.17) is 26.9 Å². The van der Waals surface area contributed by atoms with Crippen LogP contribution >= 0.6 is 11.6 Å². The van der Waals surface area contributed by atoms with Crippen LogP contribution in [0.4, 0.5) is 15.3 Å². The van der Waals surface area contributed by atoms with Crippen molar-refractivity contribution in [3.63, 3.8) is 0 Å². The molecular weight excluding hydrogens is 498 g/mol. The minimum atomic E-state index is -0.965. The number of imide groups is 1. The van der Waals surface area contributed by atoms with Gasteiger partial charge in [0.05, 0.1) is 19.3 Å². The lowest BCUT2D eigenvalue weighted by Gasteiger charge is -2.45. The Bertz CT molecular complexity index is 1110. The van der Waals surface area contributed by atoms with Gasteiger partial charge in [-0.05, 0) is 75.6 Å². The van der Waals surface area contributed by atoms with E-state index in [2.05, 4.69) is 5.32 Å². The molecule has 37 heavy (non-hydrogen) atoms. The Kier molecular flexibility index (Phi) is 9.60. The molecule has 1 fully saturated rings. The lowest BCUT2D eigenvalue weighted by molar-refractivity contribution is -0.143. The number of ether oxygens (including phenoxy) is 2. The number of aryl methyl sites for hydroxylation is 1. The topological polar surface area (TPSA) is 117 Å². The van der Waals surface area contributed by atoms with Crippen molar-refractivity contribution in [1.29, 1.82) is 0 Å². The summed E-state index contributed by atoms with van der Waals surface area (Å²) in [6.45, 7) is 7.98. The maximum atomic E-state index is 13.5. The molecule has 11 heteroatoms. The van der Waals surface area contributed by atoms with Gasteiger partial charge in [0.15, 0.2) is 0 Å². The number of nitrogens with zero attached hydrogens (tertiary/aromatic N) is 3. The molecule has 1 unspecified atom stereocenters. The molecule has 0 bridgehead atoms. The van der Waals surface area contributed by atoms with E-state index in [9.17, 15) is 14.4 Å². The maximum absolute atomic E-state index is 13.5. The number of esters is 1. The van der Waals surface area contributed by atoms with Crippen molar-refractivity contribution in [2.45, 2.75) is 59.5 Å². The van der Waals surface area contributed by atoms with Gasteiger partial charge in [-0.15, -0.1) is 0 Å². The quantitative estimate of drug-likeness (QED) is 0.245. The van der Waals surface area contributed by atoms with Crippen LogP contribution in [0, 0.1) is 6.92 Å². The van der Waals surface area contributed by atoms with Gasteiger partial charge < -0.3 is 14.8 Å². The molecule has 1 atom stereocenters. The zero-order valence-electron chi connectivity index (χ0n) is 21.6. The SMILES string of the molecule is CCOC(=O)CCCN1C(=O)N(N)C(Nc2ccc(OC(C)C)c(C)c2)N(Cc2ccc(Cl)cc2)C1=O. The first-order valence-electron chi connectivity index (χ1n) is 12.2. The van der Waals surface area contributed by atoms with Crippen molar-refractivity contribution in [1.82, 2.24) is 14.8 Å². The van der Waals surface area contributed by atoms with Crippen LogP contribution in [0.5, 0.6) is 5.75 Å². The smallest absolute Gasteiger partial charge is 0.345 e. The molecule has 0 aromatic heterocycles. The minimum absolute atomic E-state index is 0.0222. The third-order valence-corrected chi connectivity index (χ3v) is 5.91. The highest BCUT2D eigenvalue weighted by Crippen LogP contribution is 2.27. The molecule has 1 saturated heterocycles. The molecule has 10 nitrogen and oxygen atoms in total. The molecule has 1 aliphatic heterocycles. The first-order chi connectivity index (χ1) is 17.6. The van der Waals surface area contributed by atoms with Crippen LogP contribution in [-0.4, -0.2) is 58.4 Å². The van der Waals surface area contributed by atoms with Crippen LogP contribution in [0.25, 0.3) is 0 Å². The second-order valence-electron chi connectivity index (χ2n) is 8.95. The Morgan fingerprint density at radius 1 is 1.14 bits per heavy atom. The fourth-order valence-electron chi connectivity index (χ4n) is 3.90. The molecule has 0 aliphatic carbocycles. The lowest BCUT2D eigenvalue weighted by atomic mass is 10.2. The Morgan fingerprint density at radius 2 is 1.84 bits per heavy atom. The monoisotopic (exact) mass is 531 g/mol. The lowest BCUT2D eigenvalue weighted by Crippen LogP contribution is -2.70. The summed E-state index contributed by atoms with van der Waals surface area (Å²) in [6.07, 6.45) is -0.602. The van der Waals surface area contributed by atoms with Gasteiger partial charge in [0.1, 0.15) is 5.75 Å². The van der Waals surface area contributed by atoms with Gasteiger partial charge in [-0.2, -0.15) is 0 Å².